The molecule has 182 valence electrons. The normalized spacial score (nSPS) is 21.2. The Morgan fingerprint density at radius 3 is 2.55 bits per heavy atom. The fourth-order valence-electron chi connectivity index (χ4n) is 5.44. The van der Waals surface area contributed by atoms with E-state index in [1.807, 2.05) is 12.1 Å². The van der Waals surface area contributed by atoms with E-state index in [1.54, 1.807) is 0 Å². The Morgan fingerprint density at radius 1 is 1.18 bits per heavy atom. The molecule has 1 aromatic rings. The molecule has 0 radical (unpaired) electrons. The highest BCUT2D eigenvalue weighted by Crippen LogP contribution is 2.55. The summed E-state index contributed by atoms with van der Waals surface area (Å²) in [6.45, 7) is 12.4. The second-order valence-electron chi connectivity index (χ2n) is 10.8. The third-order valence-corrected chi connectivity index (χ3v) is 7.42. The molecule has 0 saturated carbocycles. The van der Waals surface area contributed by atoms with Crippen molar-refractivity contribution in [2.45, 2.75) is 103 Å². The van der Waals surface area contributed by atoms with Crippen molar-refractivity contribution in [1.82, 2.24) is 0 Å². The Balaban J connectivity index is 2.06. The minimum absolute atomic E-state index is 0.0129. The first-order valence-corrected chi connectivity index (χ1v) is 12.3. The van der Waals surface area contributed by atoms with Gasteiger partial charge >= 0.3 is 11.9 Å². The first-order chi connectivity index (χ1) is 15.5. The molecule has 0 spiro atoms. The van der Waals surface area contributed by atoms with E-state index in [2.05, 4.69) is 40.7 Å². The number of hydrogen-bond acceptors (Lipinski definition) is 5. The summed E-state index contributed by atoms with van der Waals surface area (Å²) in [6.07, 6.45) is 9.12. The van der Waals surface area contributed by atoms with Crippen LogP contribution in [0.15, 0.2) is 23.8 Å². The van der Waals surface area contributed by atoms with E-state index in [4.69, 9.17) is 14.2 Å². The Bertz CT molecular complexity index is 924. The van der Waals surface area contributed by atoms with Gasteiger partial charge in [0.05, 0.1) is 7.11 Å². The molecule has 0 amide bonds. The van der Waals surface area contributed by atoms with E-state index in [9.17, 15) is 9.59 Å². The van der Waals surface area contributed by atoms with Crippen LogP contribution >= 0.6 is 0 Å². The zero-order valence-corrected chi connectivity index (χ0v) is 21.4. The van der Waals surface area contributed by atoms with Gasteiger partial charge < -0.3 is 14.2 Å². The van der Waals surface area contributed by atoms with Crippen molar-refractivity contribution < 1.29 is 23.8 Å². The highest BCUT2D eigenvalue weighted by molar-refractivity contribution is 5.88. The number of fused-ring (bicyclic) bond motifs is 3. The number of carbonyl (C=O) groups excluding carboxylic acids is 2. The minimum atomic E-state index is -0.410. The van der Waals surface area contributed by atoms with Crippen molar-refractivity contribution in [3.63, 3.8) is 0 Å². The monoisotopic (exact) mass is 456 g/mol. The summed E-state index contributed by atoms with van der Waals surface area (Å²) in [7, 11) is 1.41. The zero-order valence-electron chi connectivity index (χ0n) is 21.4. The van der Waals surface area contributed by atoms with Gasteiger partial charge in [-0.2, -0.15) is 0 Å². The highest BCUT2D eigenvalue weighted by atomic mass is 16.5. The van der Waals surface area contributed by atoms with E-state index in [0.717, 1.165) is 29.7 Å². The van der Waals surface area contributed by atoms with Crippen LogP contribution in [0.1, 0.15) is 104 Å². The first-order valence-electron chi connectivity index (χ1n) is 12.3. The van der Waals surface area contributed by atoms with Gasteiger partial charge in [0, 0.05) is 29.9 Å². The molecule has 0 bridgehead atoms. The Labute approximate surface area is 198 Å². The smallest absolute Gasteiger partial charge is 0.333 e. The quantitative estimate of drug-likeness (QED) is 0.250. The molecule has 2 aliphatic rings. The van der Waals surface area contributed by atoms with E-state index in [-0.39, 0.29) is 29.2 Å². The summed E-state index contributed by atoms with van der Waals surface area (Å²) >= 11 is 0. The van der Waals surface area contributed by atoms with Gasteiger partial charge in [0.15, 0.2) is 0 Å². The number of benzene rings is 1. The summed E-state index contributed by atoms with van der Waals surface area (Å²) in [5.41, 5.74) is 2.20. The predicted molar refractivity (Wildman–Crippen MR) is 130 cm³/mol. The number of hydrogen-bond donors (Lipinski definition) is 0. The summed E-state index contributed by atoms with van der Waals surface area (Å²) in [4.78, 5) is 24.4. The zero-order chi connectivity index (χ0) is 24.4. The molecule has 0 N–H and O–H groups in total. The molecule has 1 aliphatic carbocycles. The highest BCUT2D eigenvalue weighted by Gasteiger charge is 2.47. The first kappa shape index (κ1) is 25.3. The van der Waals surface area contributed by atoms with Gasteiger partial charge in [0.2, 0.25) is 0 Å². The summed E-state index contributed by atoms with van der Waals surface area (Å²) in [5.74, 6) is 0.865. The number of rotatable bonds is 8. The summed E-state index contributed by atoms with van der Waals surface area (Å²) in [5, 5.41) is 0. The number of esters is 2. The van der Waals surface area contributed by atoms with Crippen molar-refractivity contribution in [1.29, 1.82) is 0 Å². The van der Waals surface area contributed by atoms with Crippen LogP contribution in [0.25, 0.3) is 0 Å². The molecule has 0 fully saturated rings. The standard InChI is InChI=1S/C28H40O5/c1-8-9-10-11-14-27(3,4)20-16-23(32-18(2)29)25-21-15-19(26(30)31-7)12-13-22(21)28(5,6)33-24(25)17-20/h12,16-17,21-22H,8-11,13-15H2,1-7H3/t21-,22-/m1/s1. The number of carbonyl (C=O) groups is 2. The number of ether oxygens (including phenoxy) is 3. The van der Waals surface area contributed by atoms with Gasteiger partial charge in [-0.25, -0.2) is 4.79 Å². The second kappa shape index (κ2) is 9.90. The molecule has 1 aliphatic heterocycles. The molecule has 2 atom stereocenters. The van der Waals surface area contributed by atoms with Crippen LogP contribution in [0, 0.1) is 5.92 Å². The minimum Gasteiger partial charge on any atom is -0.487 e. The van der Waals surface area contributed by atoms with Crippen molar-refractivity contribution in [2.24, 2.45) is 5.92 Å². The van der Waals surface area contributed by atoms with E-state index < -0.39 is 5.60 Å². The predicted octanol–water partition coefficient (Wildman–Crippen LogP) is 6.62. The molecule has 3 rings (SSSR count). The van der Waals surface area contributed by atoms with Crippen molar-refractivity contribution >= 4 is 11.9 Å². The van der Waals surface area contributed by atoms with Crippen LogP contribution in [-0.2, 0) is 19.7 Å². The van der Waals surface area contributed by atoms with Crippen molar-refractivity contribution in [3.05, 3.63) is 34.9 Å². The van der Waals surface area contributed by atoms with Crippen LogP contribution in [0.2, 0.25) is 0 Å². The molecular formula is C28H40O5. The maximum atomic E-state index is 12.3. The van der Waals surface area contributed by atoms with Crippen LogP contribution in [0.4, 0.5) is 0 Å². The third kappa shape index (κ3) is 5.44. The van der Waals surface area contributed by atoms with Crippen LogP contribution < -0.4 is 9.47 Å². The van der Waals surface area contributed by atoms with Crippen LogP contribution in [-0.4, -0.2) is 24.6 Å². The second-order valence-corrected chi connectivity index (χ2v) is 10.8. The van der Waals surface area contributed by atoms with Gasteiger partial charge in [-0.1, -0.05) is 52.5 Å². The average Bonchev–Trinajstić information content (AvgIpc) is 2.74. The molecule has 0 saturated heterocycles. The molecule has 0 aromatic heterocycles. The van der Waals surface area contributed by atoms with Crippen LogP contribution in [0.5, 0.6) is 11.5 Å². The number of allylic oxidation sites excluding steroid dienone is 1. The Morgan fingerprint density at radius 2 is 1.91 bits per heavy atom. The fraction of sp³-hybridized carbons (Fsp3) is 0.643. The maximum Gasteiger partial charge on any atom is 0.333 e. The van der Waals surface area contributed by atoms with E-state index in [1.165, 1.54) is 33.3 Å². The van der Waals surface area contributed by atoms with Gasteiger partial charge in [-0.15, -0.1) is 0 Å². The average molecular weight is 457 g/mol. The summed E-state index contributed by atoms with van der Waals surface area (Å²) in [6, 6.07) is 4.16. The third-order valence-electron chi connectivity index (χ3n) is 7.42. The maximum absolute atomic E-state index is 12.3. The number of unbranched alkanes of at least 4 members (excludes halogenated alkanes) is 3. The molecule has 1 heterocycles. The molecular weight excluding hydrogens is 416 g/mol. The Hall–Kier alpha value is -2.30. The largest absolute Gasteiger partial charge is 0.487 e. The molecule has 5 heteroatoms. The van der Waals surface area contributed by atoms with Crippen molar-refractivity contribution in [2.75, 3.05) is 7.11 Å². The fourth-order valence-corrected chi connectivity index (χ4v) is 5.44. The molecule has 0 unspecified atom stereocenters. The van der Waals surface area contributed by atoms with Crippen molar-refractivity contribution in [3.8, 4) is 11.5 Å². The van der Waals surface area contributed by atoms with Gasteiger partial charge in [0.25, 0.3) is 0 Å². The van der Waals surface area contributed by atoms with Crippen LogP contribution in [0.3, 0.4) is 0 Å². The van der Waals surface area contributed by atoms with Gasteiger partial charge in [0.1, 0.15) is 17.1 Å². The molecule has 1 aromatic carbocycles. The van der Waals surface area contributed by atoms with E-state index >= 15 is 0 Å². The molecule has 5 nitrogen and oxygen atoms in total. The lowest BCUT2D eigenvalue weighted by Gasteiger charge is -2.47. The molecule has 33 heavy (non-hydrogen) atoms. The SMILES string of the molecule is CCCCCCC(C)(C)c1cc(OC(C)=O)c2c(c1)OC(C)(C)[C@@H]1CC=C(C(=O)OC)C[C@@H]21. The van der Waals surface area contributed by atoms with E-state index in [0.29, 0.717) is 24.2 Å². The topological polar surface area (TPSA) is 61.8 Å². The lowest BCUT2D eigenvalue weighted by atomic mass is 9.66. The summed E-state index contributed by atoms with van der Waals surface area (Å²) < 4.78 is 17.4. The Kier molecular flexibility index (Phi) is 7.60. The van der Waals surface area contributed by atoms with Gasteiger partial charge in [-0.05, 0) is 56.2 Å². The van der Waals surface area contributed by atoms with Gasteiger partial charge in [-0.3, -0.25) is 4.79 Å². The lowest BCUT2D eigenvalue weighted by molar-refractivity contribution is -0.137. The number of methoxy groups -OCH3 is 1. The lowest BCUT2D eigenvalue weighted by Crippen LogP contribution is -2.46.